The van der Waals surface area contributed by atoms with E-state index in [2.05, 4.69) is 0 Å². The van der Waals surface area contributed by atoms with Crippen LogP contribution >= 0.6 is 0 Å². The molecule has 0 aromatic heterocycles. The molecule has 6 heteroatoms. The van der Waals surface area contributed by atoms with Crippen LogP contribution in [-0.2, 0) is 10.1 Å². The first kappa shape index (κ1) is 11.8. The molecule has 0 radical (unpaired) electrons. The maximum absolute atomic E-state index is 12.4. The zero-order chi connectivity index (χ0) is 9.83. The van der Waals surface area contributed by atoms with Gasteiger partial charge in [0.25, 0.3) is 0 Å². The Morgan fingerprint density at radius 2 is 1.83 bits per heavy atom. The van der Waals surface area contributed by atoms with Crippen molar-refractivity contribution in [3.8, 4) is 0 Å². The van der Waals surface area contributed by atoms with E-state index in [4.69, 9.17) is 4.55 Å². The van der Waals surface area contributed by atoms with Crippen molar-refractivity contribution in [3.05, 3.63) is 0 Å². The van der Waals surface area contributed by atoms with Crippen molar-refractivity contribution in [1.82, 2.24) is 0 Å². The second-order valence-corrected chi connectivity index (χ2v) is 4.12. The zero-order valence-electron chi connectivity index (χ0n) is 6.76. The maximum atomic E-state index is 12.4. The number of hydrogen-bond acceptors (Lipinski definition) is 2. The van der Waals surface area contributed by atoms with E-state index in [1.807, 2.05) is 6.92 Å². The Bertz CT molecular complexity index is 223. The van der Waals surface area contributed by atoms with Crippen molar-refractivity contribution in [3.63, 3.8) is 0 Å². The average molecular weight is 202 g/mol. The summed E-state index contributed by atoms with van der Waals surface area (Å²) in [6, 6.07) is 0. The van der Waals surface area contributed by atoms with Crippen molar-refractivity contribution in [2.24, 2.45) is 0 Å². The largest absolute Gasteiger partial charge is 0.370 e. The molecule has 74 valence electrons. The molecular formula is C6H12F2O3S. The minimum absolute atomic E-state index is 0.100. The Balaban J connectivity index is 4.06. The quantitative estimate of drug-likeness (QED) is 0.548. The third-order valence-corrected chi connectivity index (χ3v) is 2.41. The monoisotopic (exact) mass is 202 g/mol. The van der Waals surface area contributed by atoms with Crippen molar-refractivity contribution in [1.29, 1.82) is 0 Å². The first-order chi connectivity index (χ1) is 5.31. The molecule has 0 atom stereocenters. The summed E-state index contributed by atoms with van der Waals surface area (Å²) in [4.78, 5) is 0. The highest BCUT2D eigenvalue weighted by molar-refractivity contribution is 7.86. The molecular weight excluding hydrogens is 190 g/mol. The van der Waals surface area contributed by atoms with Crippen LogP contribution in [-0.4, -0.2) is 18.2 Å². The molecule has 0 aromatic carbocycles. The Morgan fingerprint density at radius 1 is 1.33 bits per heavy atom. The Kier molecular flexibility index (Phi) is 4.05. The molecule has 0 saturated carbocycles. The molecule has 0 unspecified atom stereocenters. The molecule has 0 aromatic rings. The van der Waals surface area contributed by atoms with Gasteiger partial charge >= 0.3 is 15.4 Å². The van der Waals surface area contributed by atoms with Crippen LogP contribution < -0.4 is 0 Å². The molecule has 0 spiro atoms. The van der Waals surface area contributed by atoms with Crippen molar-refractivity contribution < 1.29 is 21.8 Å². The summed E-state index contributed by atoms with van der Waals surface area (Å²) < 4.78 is 53.0. The molecule has 0 amide bonds. The molecule has 0 bridgehead atoms. The molecule has 0 aliphatic rings. The van der Waals surface area contributed by atoms with E-state index in [9.17, 15) is 17.2 Å². The second-order valence-electron chi connectivity index (χ2n) is 2.57. The van der Waals surface area contributed by atoms with Gasteiger partial charge in [0.05, 0.1) is 0 Å². The van der Waals surface area contributed by atoms with E-state index in [1.165, 1.54) is 0 Å². The summed E-state index contributed by atoms with van der Waals surface area (Å²) in [7, 11) is -5.22. The lowest BCUT2D eigenvalue weighted by molar-refractivity contribution is 0.0685. The summed E-state index contributed by atoms with van der Waals surface area (Å²) in [6.45, 7) is 1.81. The van der Waals surface area contributed by atoms with Crippen LogP contribution in [0.5, 0.6) is 0 Å². The van der Waals surface area contributed by atoms with Crippen LogP contribution in [0.4, 0.5) is 8.78 Å². The summed E-state index contributed by atoms with van der Waals surface area (Å²) in [6.07, 6.45) is 0.551. The number of alkyl halides is 2. The molecule has 0 aliphatic heterocycles. The highest BCUT2D eigenvalue weighted by atomic mass is 32.2. The number of hydrogen-bond donors (Lipinski definition) is 1. The van der Waals surface area contributed by atoms with E-state index >= 15 is 0 Å². The van der Waals surface area contributed by atoms with Gasteiger partial charge < -0.3 is 0 Å². The van der Waals surface area contributed by atoms with E-state index in [1.54, 1.807) is 0 Å². The highest BCUT2D eigenvalue weighted by Gasteiger charge is 2.42. The number of rotatable bonds is 5. The SMILES string of the molecule is CCCCCC(F)(F)S(=O)(=O)O. The lowest BCUT2D eigenvalue weighted by atomic mass is 10.2. The lowest BCUT2D eigenvalue weighted by Gasteiger charge is -2.11. The van der Waals surface area contributed by atoms with Gasteiger partial charge in [-0.25, -0.2) is 0 Å². The van der Waals surface area contributed by atoms with Gasteiger partial charge in [-0.2, -0.15) is 17.2 Å². The minimum atomic E-state index is -5.22. The van der Waals surface area contributed by atoms with Gasteiger partial charge in [-0.05, 0) is 6.42 Å². The predicted molar refractivity (Wildman–Crippen MR) is 40.6 cm³/mol. The van der Waals surface area contributed by atoms with Crippen LogP contribution in [0, 0.1) is 0 Å². The third kappa shape index (κ3) is 3.44. The van der Waals surface area contributed by atoms with E-state index in [-0.39, 0.29) is 6.42 Å². The molecule has 0 fully saturated rings. The smallest absolute Gasteiger partial charge is 0.281 e. The second kappa shape index (κ2) is 4.13. The summed E-state index contributed by atoms with van der Waals surface area (Å²) in [5, 5.41) is -3.98. The molecule has 0 heterocycles. The highest BCUT2D eigenvalue weighted by Crippen LogP contribution is 2.26. The average Bonchev–Trinajstić information content (AvgIpc) is 1.85. The summed E-state index contributed by atoms with van der Waals surface area (Å²) in [5.74, 6) is 0. The fraction of sp³-hybridized carbons (Fsp3) is 1.00. The standard InChI is InChI=1S/C6H12F2O3S/c1-2-3-4-5-6(7,8)12(9,10)11/h2-5H2,1H3,(H,9,10,11). The molecule has 1 N–H and O–H groups in total. The predicted octanol–water partition coefficient (Wildman–Crippen LogP) is 2.05. The Hall–Kier alpha value is -0.230. The van der Waals surface area contributed by atoms with Gasteiger partial charge in [-0.3, -0.25) is 4.55 Å². The molecule has 0 aliphatic carbocycles. The van der Waals surface area contributed by atoms with Crippen LogP contribution in [0.3, 0.4) is 0 Å². The van der Waals surface area contributed by atoms with Crippen LogP contribution in [0.1, 0.15) is 32.6 Å². The van der Waals surface area contributed by atoms with Crippen molar-refractivity contribution in [2.75, 3.05) is 0 Å². The normalized spacial score (nSPS) is 13.3. The lowest BCUT2D eigenvalue weighted by Crippen LogP contribution is -2.27. The third-order valence-electron chi connectivity index (χ3n) is 1.45. The first-order valence-corrected chi connectivity index (χ1v) is 5.10. The zero-order valence-corrected chi connectivity index (χ0v) is 7.57. The fourth-order valence-electron chi connectivity index (χ4n) is 0.710. The molecule has 0 rings (SSSR count). The number of halogens is 2. The molecule has 3 nitrogen and oxygen atoms in total. The Morgan fingerprint density at radius 3 is 2.17 bits per heavy atom. The molecule has 0 saturated heterocycles. The van der Waals surface area contributed by atoms with E-state index in [0.717, 1.165) is 6.42 Å². The van der Waals surface area contributed by atoms with E-state index in [0.29, 0.717) is 6.42 Å². The summed E-state index contributed by atoms with van der Waals surface area (Å²) in [5.41, 5.74) is 0. The van der Waals surface area contributed by atoms with Gasteiger partial charge in [-0.1, -0.05) is 19.8 Å². The maximum Gasteiger partial charge on any atom is 0.370 e. The minimum Gasteiger partial charge on any atom is -0.281 e. The topological polar surface area (TPSA) is 54.4 Å². The van der Waals surface area contributed by atoms with Gasteiger partial charge in [0.15, 0.2) is 0 Å². The fourth-order valence-corrected chi connectivity index (χ4v) is 1.11. The molecule has 12 heavy (non-hydrogen) atoms. The van der Waals surface area contributed by atoms with Gasteiger partial charge in [0.1, 0.15) is 0 Å². The first-order valence-electron chi connectivity index (χ1n) is 3.66. The van der Waals surface area contributed by atoms with Gasteiger partial charge in [0.2, 0.25) is 0 Å². The summed E-state index contributed by atoms with van der Waals surface area (Å²) >= 11 is 0. The van der Waals surface area contributed by atoms with Crippen LogP contribution in [0.25, 0.3) is 0 Å². The number of unbranched alkanes of at least 4 members (excludes halogenated alkanes) is 2. The van der Waals surface area contributed by atoms with Crippen LogP contribution in [0.15, 0.2) is 0 Å². The van der Waals surface area contributed by atoms with Crippen LogP contribution in [0.2, 0.25) is 0 Å². The Labute approximate surface area is 70.5 Å². The van der Waals surface area contributed by atoms with Crippen molar-refractivity contribution >= 4 is 10.1 Å². The van der Waals surface area contributed by atoms with Gasteiger partial charge in [-0.15, -0.1) is 0 Å². The van der Waals surface area contributed by atoms with E-state index < -0.39 is 21.8 Å². The van der Waals surface area contributed by atoms with Crippen molar-refractivity contribution in [2.45, 2.75) is 37.9 Å². The van der Waals surface area contributed by atoms with Gasteiger partial charge in [0, 0.05) is 6.42 Å².